The summed E-state index contributed by atoms with van der Waals surface area (Å²) in [4.78, 5) is 17.2. The maximum atomic E-state index is 11.0. The Hall–Kier alpha value is -2.15. The molecule has 0 aliphatic carbocycles. The molecule has 6 nitrogen and oxygen atoms in total. The zero-order valence-corrected chi connectivity index (χ0v) is 12.2. The summed E-state index contributed by atoms with van der Waals surface area (Å²) in [6, 6.07) is 7.11. The first-order valence-electron chi connectivity index (χ1n) is 6.28. The van der Waals surface area contributed by atoms with Crippen LogP contribution in [0, 0.1) is 17.0 Å². The van der Waals surface area contributed by atoms with Crippen LogP contribution in [0.3, 0.4) is 0 Å². The van der Waals surface area contributed by atoms with E-state index >= 15 is 0 Å². The maximum absolute atomic E-state index is 11.0. The first-order chi connectivity index (χ1) is 9.60. The number of aromatic nitrogens is 1. The molecule has 0 spiro atoms. The zero-order chi connectivity index (χ0) is 14.5. The number of nitrogens with one attached hydrogen (secondary N) is 2. The average Bonchev–Trinajstić information content (AvgIpc) is 2.82. The summed E-state index contributed by atoms with van der Waals surface area (Å²) in [6.45, 7) is 5.22. The molecule has 0 radical (unpaired) electrons. The third kappa shape index (κ3) is 3.45. The Morgan fingerprint density at radius 2 is 2.10 bits per heavy atom. The van der Waals surface area contributed by atoms with E-state index in [2.05, 4.69) is 15.6 Å². The quantitative estimate of drug-likeness (QED) is 0.630. The van der Waals surface area contributed by atoms with E-state index in [9.17, 15) is 10.1 Å². The average molecular weight is 292 g/mol. The van der Waals surface area contributed by atoms with Crippen LogP contribution in [0.2, 0.25) is 0 Å². The van der Waals surface area contributed by atoms with E-state index in [1.165, 1.54) is 10.9 Å². The lowest BCUT2D eigenvalue weighted by Crippen LogP contribution is -2.06. The van der Waals surface area contributed by atoms with Gasteiger partial charge >= 0.3 is 5.69 Å². The summed E-state index contributed by atoms with van der Waals surface area (Å²) in [5.41, 5.74) is -0.0140. The van der Waals surface area contributed by atoms with Gasteiger partial charge in [-0.2, -0.15) is 0 Å². The molecule has 2 rings (SSSR count). The lowest BCUT2D eigenvalue weighted by Gasteiger charge is -2.08. The Bertz CT molecular complexity index is 612. The Labute approximate surface area is 121 Å². The molecule has 20 heavy (non-hydrogen) atoms. The molecular formula is C13H16N4O2S. The Morgan fingerprint density at radius 3 is 2.70 bits per heavy atom. The molecule has 0 atom stereocenters. The van der Waals surface area contributed by atoms with Crippen molar-refractivity contribution in [2.45, 2.75) is 20.4 Å². The normalized spacial score (nSPS) is 10.3. The number of anilines is 2. The second kappa shape index (κ2) is 6.33. The highest BCUT2D eigenvalue weighted by Gasteiger charge is 2.15. The van der Waals surface area contributed by atoms with Gasteiger partial charge < -0.3 is 10.6 Å². The van der Waals surface area contributed by atoms with Crippen LogP contribution in [0.1, 0.15) is 16.7 Å². The largest absolute Gasteiger partial charge is 0.370 e. The molecule has 0 amide bonds. The van der Waals surface area contributed by atoms with E-state index in [1.54, 1.807) is 17.4 Å². The first-order valence-corrected chi connectivity index (χ1v) is 7.10. The van der Waals surface area contributed by atoms with Gasteiger partial charge in [0.25, 0.3) is 0 Å². The molecule has 0 aromatic carbocycles. The van der Waals surface area contributed by atoms with Gasteiger partial charge in [-0.15, -0.1) is 11.3 Å². The highest BCUT2D eigenvalue weighted by Crippen LogP contribution is 2.25. The summed E-state index contributed by atoms with van der Waals surface area (Å²) >= 11 is 1.66. The van der Waals surface area contributed by atoms with Gasteiger partial charge in [0.15, 0.2) is 0 Å². The van der Waals surface area contributed by atoms with Crippen molar-refractivity contribution < 1.29 is 4.92 Å². The van der Waals surface area contributed by atoms with Crippen LogP contribution in [0.4, 0.5) is 17.3 Å². The summed E-state index contributed by atoms with van der Waals surface area (Å²) in [5.74, 6) is 0.919. The predicted octanol–water partition coefficient (Wildman–Crippen LogP) is 3.40. The van der Waals surface area contributed by atoms with E-state index in [4.69, 9.17) is 0 Å². The fraction of sp³-hybridized carbons (Fsp3) is 0.308. The van der Waals surface area contributed by atoms with Gasteiger partial charge in [-0.1, -0.05) is 0 Å². The summed E-state index contributed by atoms with van der Waals surface area (Å²) < 4.78 is 0. The molecule has 106 valence electrons. The van der Waals surface area contributed by atoms with Crippen molar-refractivity contribution in [2.75, 3.05) is 17.2 Å². The standard InChI is InChI=1S/C13H16N4O2S/c1-3-14-12-7-6-11(17(18)19)13(16-12)15-8-10-5-4-9(2)20-10/h4-7H,3,8H2,1-2H3,(H2,14,15,16). The van der Waals surface area contributed by atoms with Crippen LogP contribution >= 0.6 is 11.3 Å². The minimum Gasteiger partial charge on any atom is -0.370 e. The van der Waals surface area contributed by atoms with Crippen molar-refractivity contribution in [2.24, 2.45) is 0 Å². The number of rotatable bonds is 6. The molecule has 0 saturated carbocycles. The van der Waals surface area contributed by atoms with Crippen LogP contribution in [0.5, 0.6) is 0 Å². The second-order valence-electron chi connectivity index (χ2n) is 4.22. The molecule has 0 saturated heterocycles. The topological polar surface area (TPSA) is 80.1 Å². The minimum absolute atomic E-state index is 0.0140. The van der Waals surface area contributed by atoms with Crippen molar-refractivity contribution in [3.05, 3.63) is 44.1 Å². The molecule has 0 aliphatic rings. The second-order valence-corrected chi connectivity index (χ2v) is 5.59. The maximum Gasteiger partial charge on any atom is 0.311 e. The van der Waals surface area contributed by atoms with Crippen LogP contribution in [0.25, 0.3) is 0 Å². The highest BCUT2D eigenvalue weighted by molar-refractivity contribution is 7.11. The summed E-state index contributed by atoms with van der Waals surface area (Å²) in [5, 5.41) is 17.1. The van der Waals surface area contributed by atoms with E-state index in [-0.39, 0.29) is 5.69 Å². The molecule has 2 N–H and O–H groups in total. The van der Waals surface area contributed by atoms with Crippen molar-refractivity contribution in [3.8, 4) is 0 Å². The number of aryl methyl sites for hydroxylation is 1. The first kappa shape index (κ1) is 14.3. The number of hydrogen-bond acceptors (Lipinski definition) is 6. The third-order valence-corrected chi connectivity index (χ3v) is 3.66. The van der Waals surface area contributed by atoms with E-state index in [1.807, 2.05) is 26.0 Å². The number of nitro groups is 1. The van der Waals surface area contributed by atoms with Gasteiger partial charge in [-0.3, -0.25) is 10.1 Å². The lowest BCUT2D eigenvalue weighted by atomic mass is 10.3. The van der Waals surface area contributed by atoms with Gasteiger partial charge in [-0.05, 0) is 32.0 Å². The van der Waals surface area contributed by atoms with Crippen molar-refractivity contribution in [3.63, 3.8) is 0 Å². The number of pyridine rings is 1. The highest BCUT2D eigenvalue weighted by atomic mass is 32.1. The number of thiophene rings is 1. The third-order valence-electron chi connectivity index (χ3n) is 2.65. The fourth-order valence-electron chi connectivity index (χ4n) is 1.76. The smallest absolute Gasteiger partial charge is 0.311 e. The van der Waals surface area contributed by atoms with Gasteiger partial charge in [0, 0.05) is 22.4 Å². The Kier molecular flexibility index (Phi) is 4.52. The van der Waals surface area contributed by atoms with E-state index in [0.717, 1.165) is 4.88 Å². The van der Waals surface area contributed by atoms with Gasteiger partial charge in [-0.25, -0.2) is 4.98 Å². The van der Waals surface area contributed by atoms with Crippen molar-refractivity contribution in [1.29, 1.82) is 0 Å². The van der Waals surface area contributed by atoms with Crippen LogP contribution in [-0.4, -0.2) is 16.5 Å². The van der Waals surface area contributed by atoms with Crippen molar-refractivity contribution in [1.82, 2.24) is 4.98 Å². The number of hydrogen-bond donors (Lipinski definition) is 2. The molecule has 2 aromatic heterocycles. The Morgan fingerprint density at radius 1 is 1.30 bits per heavy atom. The van der Waals surface area contributed by atoms with Crippen LogP contribution in [-0.2, 0) is 6.54 Å². The minimum atomic E-state index is -0.426. The molecule has 0 unspecified atom stereocenters. The monoisotopic (exact) mass is 292 g/mol. The lowest BCUT2D eigenvalue weighted by molar-refractivity contribution is -0.384. The fourth-order valence-corrected chi connectivity index (χ4v) is 2.59. The van der Waals surface area contributed by atoms with E-state index in [0.29, 0.717) is 24.7 Å². The van der Waals surface area contributed by atoms with E-state index < -0.39 is 4.92 Å². The molecule has 2 aromatic rings. The van der Waals surface area contributed by atoms with Gasteiger partial charge in [0.05, 0.1) is 11.5 Å². The summed E-state index contributed by atoms with van der Waals surface area (Å²) in [6.07, 6.45) is 0. The SMILES string of the molecule is CCNc1ccc([N+](=O)[O-])c(NCc2ccc(C)s2)n1. The molecule has 0 aliphatic heterocycles. The van der Waals surface area contributed by atoms with Gasteiger partial charge in [0.1, 0.15) is 5.82 Å². The summed E-state index contributed by atoms with van der Waals surface area (Å²) in [7, 11) is 0. The molecular weight excluding hydrogens is 276 g/mol. The molecule has 7 heteroatoms. The molecule has 0 bridgehead atoms. The van der Waals surface area contributed by atoms with Crippen molar-refractivity contribution >= 4 is 28.7 Å². The van der Waals surface area contributed by atoms with Crippen LogP contribution < -0.4 is 10.6 Å². The number of nitrogens with zero attached hydrogens (tertiary/aromatic N) is 2. The Balaban J connectivity index is 2.18. The zero-order valence-electron chi connectivity index (χ0n) is 11.3. The predicted molar refractivity (Wildman–Crippen MR) is 81.4 cm³/mol. The van der Waals surface area contributed by atoms with Crippen LogP contribution in [0.15, 0.2) is 24.3 Å². The van der Waals surface area contributed by atoms with Gasteiger partial charge in [0.2, 0.25) is 5.82 Å². The molecule has 2 heterocycles. The molecule has 0 fully saturated rings.